The molecule has 21 heavy (non-hydrogen) atoms. The molecule has 0 radical (unpaired) electrons. The van der Waals surface area contributed by atoms with Crippen LogP contribution in [0.15, 0.2) is 24.3 Å². The second-order valence-electron chi connectivity index (χ2n) is 6.46. The molecule has 0 saturated carbocycles. The molecule has 0 bridgehead atoms. The Morgan fingerprint density at radius 3 is 2.67 bits per heavy atom. The van der Waals surface area contributed by atoms with E-state index in [0.29, 0.717) is 12.5 Å². The fraction of sp³-hybridized carbons (Fsp3) is 0.562. The number of nitrogens with zero attached hydrogens (tertiary/aromatic N) is 1. The molecule has 1 fully saturated rings. The van der Waals surface area contributed by atoms with Gasteiger partial charge in [0, 0.05) is 30.3 Å². The number of hydrogen-bond acceptors (Lipinski definition) is 3. The minimum absolute atomic E-state index is 0.340. The van der Waals surface area contributed by atoms with Crippen molar-refractivity contribution >= 4 is 23.4 Å². The number of ether oxygens (including phenoxy) is 1. The first kappa shape index (κ1) is 16.0. The summed E-state index contributed by atoms with van der Waals surface area (Å²) in [5.41, 5.74) is 0.730. The summed E-state index contributed by atoms with van der Waals surface area (Å²) in [7, 11) is 0. The summed E-state index contributed by atoms with van der Waals surface area (Å²) in [6.45, 7) is 8.19. The fourth-order valence-electron chi connectivity index (χ4n) is 2.43. The van der Waals surface area contributed by atoms with Crippen LogP contribution in [0.3, 0.4) is 0 Å². The van der Waals surface area contributed by atoms with Crippen LogP contribution < -0.4 is 10.2 Å². The highest BCUT2D eigenvalue weighted by Crippen LogP contribution is 2.24. The van der Waals surface area contributed by atoms with Gasteiger partial charge in [0.2, 0.25) is 0 Å². The Morgan fingerprint density at radius 1 is 1.38 bits per heavy atom. The number of hydrogen-bond donors (Lipinski definition) is 1. The Bertz CT molecular complexity index is 482. The first-order valence-corrected chi connectivity index (χ1v) is 7.69. The van der Waals surface area contributed by atoms with Gasteiger partial charge in [-0.3, -0.25) is 0 Å². The zero-order valence-electron chi connectivity index (χ0n) is 12.9. The van der Waals surface area contributed by atoms with E-state index in [1.807, 2.05) is 45.0 Å². The highest BCUT2D eigenvalue weighted by atomic mass is 35.5. The third kappa shape index (κ3) is 5.12. The predicted molar refractivity (Wildman–Crippen MR) is 86.0 cm³/mol. The largest absolute Gasteiger partial charge is 0.444 e. The molecule has 1 aliphatic rings. The van der Waals surface area contributed by atoms with Crippen molar-refractivity contribution in [1.29, 1.82) is 0 Å². The highest BCUT2D eigenvalue weighted by Gasteiger charge is 2.24. The van der Waals surface area contributed by atoms with Gasteiger partial charge in [0.1, 0.15) is 5.60 Å². The second kappa shape index (κ2) is 6.56. The van der Waals surface area contributed by atoms with Crippen molar-refractivity contribution in [3.63, 3.8) is 0 Å². The molecule has 5 heteroatoms. The van der Waals surface area contributed by atoms with Gasteiger partial charge in [-0.15, -0.1) is 0 Å². The zero-order valence-corrected chi connectivity index (χ0v) is 13.6. The molecular formula is C16H23ClN2O2. The molecule has 116 valence electrons. The second-order valence-corrected chi connectivity index (χ2v) is 6.90. The van der Waals surface area contributed by atoms with Crippen molar-refractivity contribution < 1.29 is 9.53 Å². The lowest BCUT2D eigenvalue weighted by molar-refractivity contribution is 0.0520. The van der Waals surface area contributed by atoms with E-state index in [1.165, 1.54) is 5.69 Å². The third-order valence-electron chi connectivity index (χ3n) is 3.41. The van der Waals surface area contributed by atoms with E-state index in [9.17, 15) is 4.79 Å². The first-order valence-electron chi connectivity index (χ1n) is 7.31. The molecule has 0 spiro atoms. The smallest absolute Gasteiger partial charge is 0.407 e. The van der Waals surface area contributed by atoms with Crippen molar-refractivity contribution in [3.05, 3.63) is 29.3 Å². The summed E-state index contributed by atoms with van der Waals surface area (Å²) in [6, 6.07) is 7.88. The van der Waals surface area contributed by atoms with E-state index in [0.717, 1.165) is 24.5 Å². The molecule has 1 aliphatic heterocycles. The van der Waals surface area contributed by atoms with Crippen LogP contribution in [-0.4, -0.2) is 31.3 Å². The number of carbonyl (C=O) groups is 1. The van der Waals surface area contributed by atoms with Crippen molar-refractivity contribution in [2.45, 2.75) is 32.8 Å². The van der Waals surface area contributed by atoms with Crippen LogP contribution >= 0.6 is 11.6 Å². The quantitative estimate of drug-likeness (QED) is 0.925. The van der Waals surface area contributed by atoms with Gasteiger partial charge in [0.15, 0.2) is 0 Å². The van der Waals surface area contributed by atoms with Crippen LogP contribution in [0.4, 0.5) is 10.5 Å². The van der Waals surface area contributed by atoms with Crippen LogP contribution in [-0.2, 0) is 4.74 Å². The lowest BCUT2D eigenvalue weighted by Crippen LogP contribution is -2.36. The predicted octanol–water partition coefficient (Wildman–Crippen LogP) is 3.69. The maximum absolute atomic E-state index is 11.6. The van der Waals surface area contributed by atoms with Crippen molar-refractivity contribution in [1.82, 2.24) is 5.32 Å². The lowest BCUT2D eigenvalue weighted by Gasteiger charge is -2.21. The van der Waals surface area contributed by atoms with Crippen molar-refractivity contribution in [2.24, 2.45) is 5.92 Å². The third-order valence-corrected chi connectivity index (χ3v) is 3.66. The number of carbonyl (C=O) groups excluding carboxylic acids is 1. The summed E-state index contributed by atoms with van der Waals surface area (Å²) in [6.07, 6.45) is 0.728. The number of halogens is 1. The molecule has 1 aromatic rings. The van der Waals surface area contributed by atoms with Crippen LogP contribution in [0, 0.1) is 5.92 Å². The van der Waals surface area contributed by atoms with Gasteiger partial charge in [0.25, 0.3) is 0 Å². The van der Waals surface area contributed by atoms with Crippen LogP contribution in [0.2, 0.25) is 5.02 Å². The molecule has 1 aromatic carbocycles. The number of benzene rings is 1. The molecule has 2 rings (SSSR count). The van der Waals surface area contributed by atoms with Crippen LogP contribution in [0.1, 0.15) is 27.2 Å². The number of rotatable bonds is 3. The Kier molecular flexibility index (Phi) is 4.99. The molecule has 1 amide bonds. The standard InChI is InChI=1S/C16H23ClN2O2/c1-16(2,3)21-15(20)18-10-12-8-9-19(11-12)14-6-4-13(17)5-7-14/h4-7,12H,8-11H2,1-3H3,(H,18,20). The molecule has 4 nitrogen and oxygen atoms in total. The molecule has 1 N–H and O–H groups in total. The summed E-state index contributed by atoms with van der Waals surface area (Å²) < 4.78 is 5.24. The van der Waals surface area contributed by atoms with Gasteiger partial charge in [0.05, 0.1) is 0 Å². The van der Waals surface area contributed by atoms with Gasteiger partial charge < -0.3 is 15.0 Å². The van der Waals surface area contributed by atoms with Crippen molar-refractivity contribution in [2.75, 3.05) is 24.5 Å². The van der Waals surface area contributed by atoms with Crippen LogP contribution in [0.25, 0.3) is 0 Å². The summed E-state index contributed by atoms with van der Waals surface area (Å²) in [5.74, 6) is 0.452. The maximum Gasteiger partial charge on any atom is 0.407 e. The van der Waals surface area contributed by atoms with Gasteiger partial charge in [-0.1, -0.05) is 11.6 Å². The molecular weight excluding hydrogens is 288 g/mol. The van der Waals surface area contributed by atoms with Gasteiger partial charge in [-0.25, -0.2) is 4.79 Å². The van der Waals surface area contributed by atoms with E-state index >= 15 is 0 Å². The van der Waals surface area contributed by atoms with Crippen LogP contribution in [0.5, 0.6) is 0 Å². The van der Waals surface area contributed by atoms with E-state index in [1.54, 1.807) is 0 Å². The Hall–Kier alpha value is -1.42. The van der Waals surface area contributed by atoms with E-state index in [4.69, 9.17) is 16.3 Å². The van der Waals surface area contributed by atoms with Crippen molar-refractivity contribution in [3.8, 4) is 0 Å². The van der Waals surface area contributed by atoms with E-state index in [-0.39, 0.29) is 6.09 Å². The summed E-state index contributed by atoms with van der Waals surface area (Å²) in [4.78, 5) is 14.0. The average Bonchev–Trinajstić information content (AvgIpc) is 2.84. The Labute approximate surface area is 131 Å². The lowest BCUT2D eigenvalue weighted by atomic mass is 10.1. The summed E-state index contributed by atoms with van der Waals surface area (Å²) in [5, 5.41) is 3.60. The Morgan fingerprint density at radius 2 is 2.05 bits per heavy atom. The molecule has 1 saturated heterocycles. The molecule has 1 unspecified atom stereocenters. The first-order chi connectivity index (χ1) is 9.83. The molecule has 1 heterocycles. The Balaban J connectivity index is 1.78. The zero-order chi connectivity index (χ0) is 15.5. The highest BCUT2D eigenvalue weighted by molar-refractivity contribution is 6.30. The van der Waals surface area contributed by atoms with Gasteiger partial charge in [-0.2, -0.15) is 0 Å². The molecule has 1 atom stereocenters. The average molecular weight is 311 g/mol. The van der Waals surface area contributed by atoms with Gasteiger partial charge in [-0.05, 0) is 57.4 Å². The number of anilines is 1. The maximum atomic E-state index is 11.6. The van der Waals surface area contributed by atoms with Gasteiger partial charge >= 0.3 is 6.09 Å². The summed E-state index contributed by atoms with van der Waals surface area (Å²) >= 11 is 5.90. The minimum atomic E-state index is -0.449. The molecule has 0 aliphatic carbocycles. The minimum Gasteiger partial charge on any atom is -0.444 e. The number of amides is 1. The van der Waals surface area contributed by atoms with E-state index in [2.05, 4.69) is 10.2 Å². The number of alkyl carbamates (subject to hydrolysis) is 1. The SMILES string of the molecule is CC(C)(C)OC(=O)NCC1CCN(c2ccc(Cl)cc2)C1. The monoisotopic (exact) mass is 310 g/mol. The normalized spacial score (nSPS) is 18.7. The topological polar surface area (TPSA) is 41.6 Å². The fourth-order valence-corrected chi connectivity index (χ4v) is 2.55. The van der Waals surface area contributed by atoms with E-state index < -0.39 is 5.60 Å². The molecule has 0 aromatic heterocycles. The number of nitrogens with one attached hydrogen (secondary N) is 1.